The Balaban J connectivity index is 2.50. The summed E-state index contributed by atoms with van der Waals surface area (Å²) in [6.45, 7) is 0. The van der Waals surface area contributed by atoms with Crippen LogP contribution in [0, 0.1) is 0 Å². The number of hydrogen-bond donors (Lipinski definition) is 2. The molecule has 0 aliphatic carbocycles. The Morgan fingerprint density at radius 1 is 1.17 bits per heavy atom. The molecule has 0 aliphatic rings. The maximum atomic E-state index is 11.8. The van der Waals surface area contributed by atoms with Gasteiger partial charge in [0.25, 0.3) is 5.56 Å². The van der Waals surface area contributed by atoms with Crippen molar-refractivity contribution in [2.45, 2.75) is 6.29 Å². The fraction of sp³-hybridized carbons (Fsp3) is 0.0909. The van der Waals surface area contributed by atoms with E-state index in [-0.39, 0.29) is 10.0 Å². The first-order chi connectivity index (χ1) is 8.50. The van der Waals surface area contributed by atoms with E-state index in [0.29, 0.717) is 11.3 Å². The molecule has 0 aliphatic heterocycles. The first-order valence-corrected chi connectivity index (χ1v) is 5.66. The van der Waals surface area contributed by atoms with Crippen molar-refractivity contribution in [1.29, 1.82) is 0 Å². The van der Waals surface area contributed by atoms with Crippen LogP contribution in [0.2, 0.25) is 10.0 Å². The van der Waals surface area contributed by atoms with Gasteiger partial charge in [0.15, 0.2) is 6.29 Å². The topological polar surface area (TPSA) is 75.4 Å². The van der Waals surface area contributed by atoms with Crippen LogP contribution in [0.25, 0.3) is 5.69 Å². The van der Waals surface area contributed by atoms with Gasteiger partial charge in [0.1, 0.15) is 5.02 Å². The molecule has 2 aromatic rings. The van der Waals surface area contributed by atoms with Crippen molar-refractivity contribution in [3.8, 4) is 5.69 Å². The molecule has 0 bridgehead atoms. The van der Waals surface area contributed by atoms with Crippen LogP contribution < -0.4 is 5.56 Å². The smallest absolute Gasteiger partial charge is 0.291 e. The summed E-state index contributed by atoms with van der Waals surface area (Å²) in [6.07, 6.45) is -0.294. The molecule has 7 heteroatoms. The number of aliphatic hydroxyl groups excluding tert-OH is 1. The third-order valence-corrected chi connectivity index (χ3v) is 3.06. The second kappa shape index (κ2) is 5.07. The minimum Gasteiger partial charge on any atom is -0.364 e. The largest absolute Gasteiger partial charge is 0.364 e. The summed E-state index contributed by atoms with van der Waals surface area (Å²) in [7, 11) is 0. The lowest BCUT2D eigenvalue weighted by Gasteiger charge is -2.07. The fourth-order valence-electron chi connectivity index (χ4n) is 1.38. The summed E-state index contributed by atoms with van der Waals surface area (Å²) < 4.78 is 1.07. The molecule has 0 atom stereocenters. The van der Waals surface area contributed by atoms with E-state index in [1.165, 1.54) is 30.5 Å². The Labute approximate surface area is 112 Å². The number of aliphatic hydroxyl groups is 2. The van der Waals surface area contributed by atoms with Crippen LogP contribution in [0.3, 0.4) is 0 Å². The predicted molar refractivity (Wildman–Crippen MR) is 67.0 cm³/mol. The molecule has 0 spiro atoms. The standard InChI is InChI=1S/C11H8Cl2N2O3/c12-8-5-14-15(10(16)9(8)13)7-3-1-6(2-4-7)11(17)18/h1-5,11,17-18H. The van der Waals surface area contributed by atoms with Crippen molar-refractivity contribution in [2.75, 3.05) is 0 Å². The Kier molecular flexibility index (Phi) is 3.68. The maximum Gasteiger partial charge on any atom is 0.291 e. The lowest BCUT2D eigenvalue weighted by molar-refractivity contribution is -0.0424. The summed E-state index contributed by atoms with van der Waals surface area (Å²) in [5, 5.41) is 21.7. The van der Waals surface area contributed by atoms with Crippen LogP contribution in [-0.4, -0.2) is 20.0 Å². The number of rotatable bonds is 2. The summed E-state index contributed by atoms with van der Waals surface area (Å²) in [5.74, 6) is 0. The SMILES string of the molecule is O=c1c(Cl)c(Cl)cnn1-c1ccc(C(O)O)cc1. The molecule has 0 unspecified atom stereocenters. The summed E-state index contributed by atoms with van der Waals surface area (Å²) >= 11 is 11.4. The average Bonchev–Trinajstić information content (AvgIpc) is 2.36. The van der Waals surface area contributed by atoms with Crippen molar-refractivity contribution in [3.05, 3.63) is 56.4 Å². The number of halogens is 2. The van der Waals surface area contributed by atoms with Crippen LogP contribution in [0.1, 0.15) is 11.9 Å². The fourth-order valence-corrected chi connectivity index (χ4v) is 1.64. The monoisotopic (exact) mass is 286 g/mol. The van der Waals surface area contributed by atoms with Gasteiger partial charge in [-0.2, -0.15) is 9.78 Å². The number of aromatic nitrogens is 2. The van der Waals surface area contributed by atoms with E-state index < -0.39 is 11.8 Å². The lowest BCUT2D eigenvalue weighted by atomic mass is 10.2. The molecular formula is C11H8Cl2N2O3. The van der Waals surface area contributed by atoms with E-state index in [1.807, 2.05) is 0 Å². The van der Waals surface area contributed by atoms with E-state index in [2.05, 4.69) is 5.10 Å². The van der Waals surface area contributed by atoms with Crippen molar-refractivity contribution in [3.63, 3.8) is 0 Å². The maximum absolute atomic E-state index is 11.8. The molecule has 94 valence electrons. The molecule has 1 aromatic carbocycles. The van der Waals surface area contributed by atoms with Gasteiger partial charge < -0.3 is 10.2 Å². The van der Waals surface area contributed by atoms with Crippen molar-refractivity contribution in [1.82, 2.24) is 9.78 Å². The van der Waals surface area contributed by atoms with Gasteiger partial charge in [-0.3, -0.25) is 4.79 Å². The molecule has 0 saturated heterocycles. The zero-order chi connectivity index (χ0) is 13.3. The van der Waals surface area contributed by atoms with E-state index in [0.717, 1.165) is 4.68 Å². The van der Waals surface area contributed by atoms with E-state index in [4.69, 9.17) is 33.4 Å². The van der Waals surface area contributed by atoms with Gasteiger partial charge in [-0.1, -0.05) is 35.3 Å². The molecule has 0 amide bonds. The summed E-state index contributed by atoms with van der Waals surface area (Å²) in [4.78, 5) is 11.8. The molecule has 18 heavy (non-hydrogen) atoms. The van der Waals surface area contributed by atoms with Gasteiger partial charge in [-0.15, -0.1) is 0 Å². The number of hydrogen-bond acceptors (Lipinski definition) is 4. The highest BCUT2D eigenvalue weighted by atomic mass is 35.5. The minimum atomic E-state index is -1.56. The van der Waals surface area contributed by atoms with Gasteiger partial charge in [-0.05, 0) is 12.1 Å². The van der Waals surface area contributed by atoms with Crippen LogP contribution in [-0.2, 0) is 0 Å². The summed E-state index contributed by atoms with van der Waals surface area (Å²) in [6, 6.07) is 5.98. The molecule has 0 saturated carbocycles. The van der Waals surface area contributed by atoms with Crippen molar-refractivity contribution in [2.24, 2.45) is 0 Å². The number of benzene rings is 1. The Morgan fingerprint density at radius 2 is 1.78 bits per heavy atom. The lowest BCUT2D eigenvalue weighted by Crippen LogP contribution is -2.21. The van der Waals surface area contributed by atoms with E-state index in [1.54, 1.807) is 0 Å². The zero-order valence-electron chi connectivity index (χ0n) is 8.92. The number of nitrogens with zero attached hydrogens (tertiary/aromatic N) is 2. The third kappa shape index (κ3) is 2.39. The second-order valence-electron chi connectivity index (χ2n) is 3.49. The van der Waals surface area contributed by atoms with Crippen LogP contribution in [0.4, 0.5) is 0 Å². The van der Waals surface area contributed by atoms with Crippen LogP contribution in [0.5, 0.6) is 0 Å². The highest BCUT2D eigenvalue weighted by molar-refractivity contribution is 6.41. The van der Waals surface area contributed by atoms with Gasteiger partial charge in [-0.25, -0.2) is 0 Å². The van der Waals surface area contributed by atoms with E-state index in [9.17, 15) is 4.79 Å². The Hall–Kier alpha value is -1.40. The van der Waals surface area contributed by atoms with Gasteiger partial charge in [0, 0.05) is 5.56 Å². The molecule has 5 nitrogen and oxygen atoms in total. The van der Waals surface area contributed by atoms with Gasteiger partial charge >= 0.3 is 0 Å². The van der Waals surface area contributed by atoms with Crippen molar-refractivity contribution >= 4 is 23.2 Å². The van der Waals surface area contributed by atoms with Gasteiger partial charge in [0.2, 0.25) is 0 Å². The minimum absolute atomic E-state index is 0.0836. The Morgan fingerprint density at radius 3 is 2.33 bits per heavy atom. The molecule has 1 aromatic heterocycles. The van der Waals surface area contributed by atoms with Crippen LogP contribution >= 0.6 is 23.2 Å². The van der Waals surface area contributed by atoms with Crippen molar-refractivity contribution < 1.29 is 10.2 Å². The molecular weight excluding hydrogens is 279 g/mol. The molecule has 2 N–H and O–H groups in total. The Bertz CT molecular complexity index is 623. The first-order valence-electron chi connectivity index (χ1n) is 4.90. The van der Waals surface area contributed by atoms with Crippen LogP contribution in [0.15, 0.2) is 35.3 Å². The summed E-state index contributed by atoms with van der Waals surface area (Å²) in [5.41, 5.74) is 0.219. The second-order valence-corrected chi connectivity index (χ2v) is 4.27. The quantitative estimate of drug-likeness (QED) is 0.821. The first kappa shape index (κ1) is 13.0. The molecule has 1 heterocycles. The highest BCUT2D eigenvalue weighted by Crippen LogP contribution is 2.17. The highest BCUT2D eigenvalue weighted by Gasteiger charge is 2.09. The van der Waals surface area contributed by atoms with Gasteiger partial charge in [0.05, 0.1) is 16.9 Å². The normalized spacial score (nSPS) is 10.9. The predicted octanol–water partition coefficient (Wildman–Crippen LogP) is 1.52. The molecule has 0 fully saturated rings. The molecule has 2 rings (SSSR count). The van der Waals surface area contributed by atoms with E-state index >= 15 is 0 Å². The third-order valence-electron chi connectivity index (χ3n) is 2.31. The average molecular weight is 287 g/mol. The zero-order valence-corrected chi connectivity index (χ0v) is 10.4. The molecule has 0 radical (unpaired) electrons.